The molecule has 6 heteroatoms. The quantitative estimate of drug-likeness (QED) is 0.380. The minimum atomic E-state index is -0.306. The number of methoxy groups -OCH3 is 1. The largest absolute Gasteiger partial charge is 0.511 e. The standard InChI is InChI=1S/C19H25BrO5/c1-6-24-19(22)10-15-7-8-16(23-5)11-18(15)25-14(4)12(2)9-17(20)13(3)21/h7-9,11,14,21H,6,10H2,1-5H3/b12-9+,17-13-. The molecule has 0 aliphatic rings. The summed E-state index contributed by atoms with van der Waals surface area (Å²) in [6.07, 6.45) is 1.66. The summed E-state index contributed by atoms with van der Waals surface area (Å²) in [7, 11) is 1.57. The van der Waals surface area contributed by atoms with Crippen LogP contribution in [0.5, 0.6) is 11.5 Å². The van der Waals surface area contributed by atoms with Gasteiger partial charge in [-0.3, -0.25) is 4.79 Å². The van der Waals surface area contributed by atoms with E-state index < -0.39 is 0 Å². The van der Waals surface area contributed by atoms with Gasteiger partial charge in [-0.1, -0.05) is 6.07 Å². The molecule has 0 radical (unpaired) electrons. The highest BCUT2D eigenvalue weighted by Gasteiger charge is 2.15. The molecule has 138 valence electrons. The predicted molar refractivity (Wildman–Crippen MR) is 101 cm³/mol. The number of halogens is 1. The van der Waals surface area contributed by atoms with E-state index in [9.17, 15) is 9.90 Å². The lowest BCUT2D eigenvalue weighted by molar-refractivity contribution is -0.142. The zero-order valence-electron chi connectivity index (χ0n) is 15.3. The first kappa shape index (κ1) is 21.1. The number of esters is 1. The van der Waals surface area contributed by atoms with Crippen LogP contribution in [-0.4, -0.2) is 30.9 Å². The molecule has 0 saturated carbocycles. The molecular formula is C19H25BrO5. The molecule has 0 saturated heterocycles. The Hall–Kier alpha value is -1.95. The van der Waals surface area contributed by atoms with Crippen molar-refractivity contribution >= 4 is 21.9 Å². The fraction of sp³-hybridized carbons (Fsp3) is 0.421. The van der Waals surface area contributed by atoms with Crippen LogP contribution in [0.1, 0.15) is 33.3 Å². The third kappa shape index (κ3) is 6.82. The number of aliphatic hydroxyl groups excluding tert-OH is 1. The Morgan fingerprint density at radius 2 is 2.04 bits per heavy atom. The topological polar surface area (TPSA) is 65.0 Å². The average molecular weight is 413 g/mol. The van der Waals surface area contributed by atoms with E-state index in [1.807, 2.05) is 13.8 Å². The second-order valence-electron chi connectivity index (χ2n) is 5.54. The Morgan fingerprint density at radius 1 is 1.36 bits per heavy atom. The highest BCUT2D eigenvalue weighted by Crippen LogP contribution is 2.28. The van der Waals surface area contributed by atoms with Crippen LogP contribution in [0.3, 0.4) is 0 Å². The summed E-state index contributed by atoms with van der Waals surface area (Å²) in [5.74, 6) is 1.09. The summed E-state index contributed by atoms with van der Waals surface area (Å²) in [5, 5.41) is 9.48. The number of allylic oxidation sites excluding steroid dienone is 3. The lowest BCUT2D eigenvalue weighted by atomic mass is 10.1. The van der Waals surface area contributed by atoms with Crippen molar-refractivity contribution in [3.8, 4) is 11.5 Å². The second kappa shape index (κ2) is 10.1. The number of rotatable bonds is 8. The first-order chi connectivity index (χ1) is 11.8. The van der Waals surface area contributed by atoms with Gasteiger partial charge in [-0.25, -0.2) is 0 Å². The van der Waals surface area contributed by atoms with Gasteiger partial charge in [0, 0.05) is 11.6 Å². The number of hydrogen-bond donors (Lipinski definition) is 1. The number of benzene rings is 1. The van der Waals surface area contributed by atoms with Crippen LogP contribution >= 0.6 is 15.9 Å². The minimum Gasteiger partial charge on any atom is -0.511 e. The van der Waals surface area contributed by atoms with E-state index >= 15 is 0 Å². The second-order valence-corrected chi connectivity index (χ2v) is 6.39. The predicted octanol–water partition coefficient (Wildman–Crippen LogP) is 4.70. The van der Waals surface area contributed by atoms with Gasteiger partial charge in [0.1, 0.15) is 23.4 Å². The molecule has 0 aromatic heterocycles. The Kier molecular flexibility index (Phi) is 8.55. The van der Waals surface area contributed by atoms with Crippen molar-refractivity contribution in [1.29, 1.82) is 0 Å². The van der Waals surface area contributed by atoms with Crippen LogP contribution in [0.25, 0.3) is 0 Å². The molecule has 0 aliphatic carbocycles. The van der Waals surface area contributed by atoms with Gasteiger partial charge in [0.05, 0.1) is 24.6 Å². The van der Waals surface area contributed by atoms with Crippen LogP contribution in [0, 0.1) is 0 Å². The molecule has 1 rings (SSSR count). The molecule has 0 heterocycles. The molecule has 5 nitrogen and oxygen atoms in total. The van der Waals surface area contributed by atoms with Crippen molar-refractivity contribution < 1.29 is 24.1 Å². The van der Waals surface area contributed by atoms with Gasteiger partial charge >= 0.3 is 5.97 Å². The first-order valence-corrected chi connectivity index (χ1v) is 8.80. The number of carbonyl (C=O) groups excluding carboxylic acids is 1. The maximum atomic E-state index is 11.8. The van der Waals surface area contributed by atoms with Crippen molar-refractivity contribution in [2.45, 2.75) is 40.2 Å². The molecule has 1 N–H and O–H groups in total. The fourth-order valence-electron chi connectivity index (χ4n) is 1.99. The molecule has 0 amide bonds. The van der Waals surface area contributed by atoms with Crippen molar-refractivity contribution in [3.63, 3.8) is 0 Å². The van der Waals surface area contributed by atoms with Crippen molar-refractivity contribution in [1.82, 2.24) is 0 Å². The Balaban J connectivity index is 3.05. The van der Waals surface area contributed by atoms with Gasteiger partial charge in [0.15, 0.2) is 0 Å². The molecule has 25 heavy (non-hydrogen) atoms. The molecule has 0 fully saturated rings. The Labute approximate surface area is 157 Å². The van der Waals surface area contributed by atoms with Crippen molar-refractivity contribution in [2.24, 2.45) is 0 Å². The number of hydrogen-bond acceptors (Lipinski definition) is 5. The van der Waals surface area contributed by atoms with E-state index in [-0.39, 0.29) is 24.3 Å². The SMILES string of the molecule is CCOC(=O)Cc1ccc(OC)cc1OC(C)/C(C)=C/C(Br)=C(\C)O. The molecule has 0 aliphatic heterocycles. The molecular weight excluding hydrogens is 388 g/mol. The van der Waals surface area contributed by atoms with Gasteiger partial charge in [0.25, 0.3) is 0 Å². The third-order valence-corrected chi connectivity index (χ3v) is 4.36. The summed E-state index contributed by atoms with van der Waals surface area (Å²) >= 11 is 3.30. The molecule has 0 bridgehead atoms. The van der Waals surface area contributed by atoms with Crippen molar-refractivity contribution in [3.05, 3.63) is 45.7 Å². The number of ether oxygens (including phenoxy) is 3. The van der Waals surface area contributed by atoms with E-state index in [0.29, 0.717) is 22.6 Å². The smallest absolute Gasteiger partial charge is 0.310 e. The minimum absolute atomic E-state index is 0.127. The van der Waals surface area contributed by atoms with Gasteiger partial charge in [-0.05, 0) is 61.3 Å². The highest BCUT2D eigenvalue weighted by molar-refractivity contribution is 9.11. The number of aliphatic hydroxyl groups is 1. The zero-order chi connectivity index (χ0) is 19.0. The zero-order valence-corrected chi connectivity index (χ0v) is 16.8. The van der Waals surface area contributed by atoms with E-state index in [1.54, 1.807) is 45.2 Å². The monoisotopic (exact) mass is 412 g/mol. The molecule has 1 aromatic carbocycles. The maximum absolute atomic E-state index is 11.8. The molecule has 0 spiro atoms. The maximum Gasteiger partial charge on any atom is 0.310 e. The first-order valence-electron chi connectivity index (χ1n) is 8.01. The summed E-state index contributed by atoms with van der Waals surface area (Å²) in [5.41, 5.74) is 1.64. The van der Waals surface area contributed by atoms with Gasteiger partial charge in [-0.15, -0.1) is 0 Å². The summed E-state index contributed by atoms with van der Waals surface area (Å²) < 4.78 is 16.9. The van der Waals surface area contributed by atoms with Gasteiger partial charge < -0.3 is 19.3 Å². The van der Waals surface area contributed by atoms with Crippen LogP contribution in [0.4, 0.5) is 0 Å². The summed E-state index contributed by atoms with van der Waals surface area (Å²) in [4.78, 5) is 11.8. The van der Waals surface area contributed by atoms with E-state index in [4.69, 9.17) is 14.2 Å². The van der Waals surface area contributed by atoms with Crippen LogP contribution < -0.4 is 9.47 Å². The average Bonchev–Trinajstić information content (AvgIpc) is 2.56. The molecule has 1 atom stereocenters. The normalized spacial score (nSPS) is 13.8. The van der Waals surface area contributed by atoms with Crippen molar-refractivity contribution in [2.75, 3.05) is 13.7 Å². The summed E-state index contributed by atoms with van der Waals surface area (Å²) in [6, 6.07) is 5.33. The third-order valence-electron chi connectivity index (χ3n) is 3.56. The lowest BCUT2D eigenvalue weighted by Crippen LogP contribution is -2.16. The molecule has 1 unspecified atom stereocenters. The van der Waals surface area contributed by atoms with Gasteiger partial charge in [-0.2, -0.15) is 0 Å². The lowest BCUT2D eigenvalue weighted by Gasteiger charge is -2.19. The van der Waals surface area contributed by atoms with Crippen LogP contribution in [0.15, 0.2) is 40.1 Å². The van der Waals surface area contributed by atoms with Crippen LogP contribution in [0.2, 0.25) is 0 Å². The Morgan fingerprint density at radius 3 is 2.60 bits per heavy atom. The summed E-state index contributed by atoms with van der Waals surface area (Å²) in [6.45, 7) is 7.50. The number of carbonyl (C=O) groups is 1. The highest BCUT2D eigenvalue weighted by atomic mass is 79.9. The Bertz CT molecular complexity index is 660. The van der Waals surface area contributed by atoms with E-state index in [2.05, 4.69) is 15.9 Å². The molecule has 1 aromatic rings. The van der Waals surface area contributed by atoms with Crippen LogP contribution in [-0.2, 0) is 16.0 Å². The van der Waals surface area contributed by atoms with E-state index in [1.165, 1.54) is 0 Å². The van der Waals surface area contributed by atoms with Gasteiger partial charge in [0.2, 0.25) is 0 Å². The fourth-order valence-corrected chi connectivity index (χ4v) is 2.35. The van der Waals surface area contributed by atoms with E-state index in [0.717, 1.165) is 11.1 Å².